The SMILES string of the molecule is CC(=O)C(O)C1(N)CCC1. The van der Waals surface area contributed by atoms with Gasteiger partial charge in [0, 0.05) is 5.54 Å². The van der Waals surface area contributed by atoms with E-state index in [0.29, 0.717) is 0 Å². The second-order valence-electron chi connectivity index (χ2n) is 3.10. The fourth-order valence-electron chi connectivity index (χ4n) is 1.26. The summed E-state index contributed by atoms with van der Waals surface area (Å²) in [6, 6.07) is 0. The van der Waals surface area contributed by atoms with Gasteiger partial charge >= 0.3 is 0 Å². The lowest BCUT2D eigenvalue weighted by atomic mass is 9.72. The maximum atomic E-state index is 10.7. The Morgan fingerprint density at radius 3 is 2.30 bits per heavy atom. The highest BCUT2D eigenvalue weighted by molar-refractivity contribution is 5.81. The number of hydrogen-bond acceptors (Lipinski definition) is 3. The third-order valence-electron chi connectivity index (χ3n) is 2.21. The van der Waals surface area contributed by atoms with E-state index in [4.69, 9.17) is 5.73 Å². The molecule has 3 nitrogen and oxygen atoms in total. The molecule has 1 rings (SSSR count). The minimum Gasteiger partial charge on any atom is -0.383 e. The van der Waals surface area contributed by atoms with Crippen molar-refractivity contribution in [2.75, 3.05) is 0 Å². The molecular weight excluding hydrogens is 130 g/mol. The van der Waals surface area contributed by atoms with Crippen LogP contribution in [0.3, 0.4) is 0 Å². The van der Waals surface area contributed by atoms with Crippen molar-refractivity contribution < 1.29 is 9.90 Å². The summed E-state index contributed by atoms with van der Waals surface area (Å²) in [5, 5.41) is 9.23. The quantitative estimate of drug-likeness (QED) is 0.563. The minimum atomic E-state index is -0.943. The van der Waals surface area contributed by atoms with Gasteiger partial charge in [-0.1, -0.05) is 0 Å². The molecule has 0 amide bonds. The summed E-state index contributed by atoms with van der Waals surface area (Å²) in [5.74, 6) is -0.220. The first-order valence-corrected chi connectivity index (χ1v) is 3.54. The Kier molecular flexibility index (Phi) is 1.79. The van der Waals surface area contributed by atoms with Crippen LogP contribution in [0.1, 0.15) is 26.2 Å². The summed E-state index contributed by atoms with van der Waals surface area (Å²) < 4.78 is 0. The van der Waals surface area contributed by atoms with Gasteiger partial charge in [0.1, 0.15) is 6.10 Å². The van der Waals surface area contributed by atoms with E-state index >= 15 is 0 Å². The molecule has 1 aliphatic rings. The molecule has 0 aromatic heterocycles. The van der Waals surface area contributed by atoms with Gasteiger partial charge in [-0.2, -0.15) is 0 Å². The van der Waals surface area contributed by atoms with Gasteiger partial charge in [-0.3, -0.25) is 4.79 Å². The highest BCUT2D eigenvalue weighted by atomic mass is 16.3. The predicted molar refractivity (Wildman–Crippen MR) is 37.5 cm³/mol. The van der Waals surface area contributed by atoms with Crippen LogP contribution in [0, 0.1) is 0 Å². The fourth-order valence-corrected chi connectivity index (χ4v) is 1.26. The largest absolute Gasteiger partial charge is 0.383 e. The van der Waals surface area contributed by atoms with Gasteiger partial charge in [-0.15, -0.1) is 0 Å². The Morgan fingerprint density at radius 2 is 2.20 bits per heavy atom. The molecule has 1 unspecified atom stereocenters. The zero-order valence-corrected chi connectivity index (χ0v) is 6.13. The summed E-state index contributed by atoms with van der Waals surface area (Å²) in [5.41, 5.74) is 5.08. The van der Waals surface area contributed by atoms with Crippen LogP contribution in [0.2, 0.25) is 0 Å². The smallest absolute Gasteiger partial charge is 0.160 e. The standard InChI is InChI=1S/C7H13NO2/c1-5(9)6(10)7(8)3-2-4-7/h6,10H,2-4,8H2,1H3. The van der Waals surface area contributed by atoms with E-state index in [1.54, 1.807) is 0 Å². The minimum absolute atomic E-state index is 0.220. The van der Waals surface area contributed by atoms with Gasteiger partial charge in [0.25, 0.3) is 0 Å². The second-order valence-corrected chi connectivity index (χ2v) is 3.10. The lowest BCUT2D eigenvalue weighted by Crippen LogP contribution is -2.58. The Balaban J connectivity index is 2.54. The molecule has 0 saturated heterocycles. The molecule has 58 valence electrons. The van der Waals surface area contributed by atoms with Crippen molar-refractivity contribution in [1.82, 2.24) is 0 Å². The van der Waals surface area contributed by atoms with Crippen molar-refractivity contribution in [3.63, 3.8) is 0 Å². The van der Waals surface area contributed by atoms with Crippen LogP contribution in [0.15, 0.2) is 0 Å². The molecule has 0 aliphatic heterocycles. The molecule has 0 spiro atoms. The maximum Gasteiger partial charge on any atom is 0.160 e. The van der Waals surface area contributed by atoms with E-state index in [-0.39, 0.29) is 5.78 Å². The van der Waals surface area contributed by atoms with Gasteiger partial charge in [0.05, 0.1) is 0 Å². The number of aliphatic hydroxyl groups excluding tert-OH is 1. The van der Waals surface area contributed by atoms with Crippen molar-refractivity contribution >= 4 is 5.78 Å². The van der Waals surface area contributed by atoms with Gasteiger partial charge in [0.15, 0.2) is 5.78 Å². The van der Waals surface area contributed by atoms with Crippen LogP contribution >= 0.6 is 0 Å². The monoisotopic (exact) mass is 143 g/mol. The Bertz CT molecular complexity index is 152. The number of rotatable bonds is 2. The Hall–Kier alpha value is -0.410. The van der Waals surface area contributed by atoms with Crippen LogP contribution in [-0.4, -0.2) is 22.5 Å². The van der Waals surface area contributed by atoms with E-state index in [2.05, 4.69) is 0 Å². The zero-order chi connectivity index (χ0) is 7.78. The van der Waals surface area contributed by atoms with Crippen LogP contribution in [0.4, 0.5) is 0 Å². The number of ketones is 1. The summed E-state index contributed by atoms with van der Waals surface area (Å²) >= 11 is 0. The van der Waals surface area contributed by atoms with Crippen LogP contribution < -0.4 is 5.73 Å². The number of Topliss-reactive ketones (excluding diaryl/α,β-unsaturated/α-hetero) is 1. The first-order valence-electron chi connectivity index (χ1n) is 3.54. The van der Waals surface area contributed by atoms with E-state index in [0.717, 1.165) is 19.3 Å². The molecule has 1 atom stereocenters. The van der Waals surface area contributed by atoms with Crippen molar-refractivity contribution in [3.05, 3.63) is 0 Å². The summed E-state index contributed by atoms with van der Waals surface area (Å²) in [7, 11) is 0. The van der Waals surface area contributed by atoms with Crippen LogP contribution in [-0.2, 0) is 4.79 Å². The van der Waals surface area contributed by atoms with E-state index < -0.39 is 11.6 Å². The van der Waals surface area contributed by atoms with Crippen LogP contribution in [0.25, 0.3) is 0 Å². The Labute approximate surface area is 60.2 Å². The number of carbonyl (C=O) groups excluding carboxylic acids is 1. The highest BCUT2D eigenvalue weighted by Crippen LogP contribution is 2.32. The predicted octanol–water partition coefficient (Wildman–Crippen LogP) is -0.182. The summed E-state index contributed by atoms with van der Waals surface area (Å²) in [6.07, 6.45) is 1.63. The fraction of sp³-hybridized carbons (Fsp3) is 0.857. The van der Waals surface area contributed by atoms with Gasteiger partial charge in [-0.25, -0.2) is 0 Å². The average molecular weight is 143 g/mol. The molecule has 3 heteroatoms. The lowest BCUT2D eigenvalue weighted by molar-refractivity contribution is -0.130. The average Bonchev–Trinajstić information content (AvgIpc) is 1.81. The molecule has 10 heavy (non-hydrogen) atoms. The molecule has 0 heterocycles. The van der Waals surface area contributed by atoms with E-state index in [9.17, 15) is 9.90 Å². The first kappa shape index (κ1) is 7.69. The molecule has 1 saturated carbocycles. The molecular formula is C7H13NO2. The van der Waals surface area contributed by atoms with Gasteiger partial charge < -0.3 is 10.8 Å². The normalized spacial score (nSPS) is 25.1. The first-order chi connectivity index (χ1) is 4.56. The third-order valence-corrected chi connectivity index (χ3v) is 2.21. The lowest BCUT2D eigenvalue weighted by Gasteiger charge is -2.40. The molecule has 0 bridgehead atoms. The molecule has 0 aromatic rings. The molecule has 0 aromatic carbocycles. The van der Waals surface area contributed by atoms with Gasteiger partial charge in [-0.05, 0) is 26.2 Å². The topological polar surface area (TPSA) is 63.3 Å². The second kappa shape index (κ2) is 2.32. The van der Waals surface area contributed by atoms with Crippen LogP contribution in [0.5, 0.6) is 0 Å². The van der Waals surface area contributed by atoms with Crippen molar-refractivity contribution in [3.8, 4) is 0 Å². The molecule has 3 N–H and O–H groups in total. The van der Waals surface area contributed by atoms with Gasteiger partial charge in [0.2, 0.25) is 0 Å². The maximum absolute atomic E-state index is 10.7. The summed E-state index contributed by atoms with van der Waals surface area (Å²) in [4.78, 5) is 10.7. The number of aliphatic hydroxyl groups is 1. The molecule has 1 fully saturated rings. The number of hydrogen-bond donors (Lipinski definition) is 2. The summed E-state index contributed by atoms with van der Waals surface area (Å²) in [6.45, 7) is 1.37. The van der Waals surface area contributed by atoms with Crippen molar-refractivity contribution in [2.24, 2.45) is 5.73 Å². The number of carbonyl (C=O) groups is 1. The molecule has 0 radical (unpaired) electrons. The van der Waals surface area contributed by atoms with E-state index in [1.165, 1.54) is 6.92 Å². The number of nitrogens with two attached hydrogens (primary N) is 1. The Morgan fingerprint density at radius 1 is 1.70 bits per heavy atom. The van der Waals surface area contributed by atoms with Crippen molar-refractivity contribution in [1.29, 1.82) is 0 Å². The molecule has 1 aliphatic carbocycles. The van der Waals surface area contributed by atoms with E-state index in [1.807, 2.05) is 0 Å². The van der Waals surface area contributed by atoms with Crippen molar-refractivity contribution in [2.45, 2.75) is 37.8 Å². The zero-order valence-electron chi connectivity index (χ0n) is 6.13. The third kappa shape index (κ3) is 1.07. The highest BCUT2D eigenvalue weighted by Gasteiger charge is 2.41.